The summed E-state index contributed by atoms with van der Waals surface area (Å²) < 4.78 is 5.53. The second-order valence-electron chi connectivity index (χ2n) is 4.50. The van der Waals surface area contributed by atoms with Gasteiger partial charge in [0.2, 0.25) is 0 Å². The fraction of sp³-hybridized carbons (Fsp3) is 1.00. The highest BCUT2D eigenvalue weighted by molar-refractivity contribution is 6.18. The van der Waals surface area contributed by atoms with E-state index < -0.39 is 0 Å². The lowest BCUT2D eigenvalue weighted by molar-refractivity contribution is -0.0548. The molecule has 0 aliphatic carbocycles. The molecule has 2 nitrogen and oxygen atoms in total. The second kappa shape index (κ2) is 4.45. The predicted octanol–water partition coefficient (Wildman–Crippen LogP) is 2.04. The summed E-state index contributed by atoms with van der Waals surface area (Å²) >= 11 is 5.70. The van der Waals surface area contributed by atoms with E-state index in [1.54, 1.807) is 0 Å². The molecule has 1 atom stereocenters. The van der Waals surface area contributed by atoms with Crippen LogP contribution < -0.4 is 0 Å². The van der Waals surface area contributed by atoms with E-state index in [4.69, 9.17) is 21.4 Å². The summed E-state index contributed by atoms with van der Waals surface area (Å²) in [7, 11) is 0. The monoisotopic (exact) mass is 194 g/mol. The Balaban J connectivity index is 3.89. The topological polar surface area (TPSA) is 29.5 Å². The molecule has 0 aromatic rings. The lowest BCUT2D eigenvalue weighted by Crippen LogP contribution is -2.34. The normalized spacial score (nSPS) is 17.5. The molecule has 0 aromatic heterocycles. The van der Waals surface area contributed by atoms with E-state index in [0.29, 0.717) is 12.5 Å². The minimum Gasteiger partial charge on any atom is -0.396 e. The average Bonchev–Trinajstić information content (AvgIpc) is 1.99. The molecule has 1 N–H and O–H groups in total. The van der Waals surface area contributed by atoms with Gasteiger partial charge in [-0.15, -0.1) is 11.6 Å². The summed E-state index contributed by atoms with van der Waals surface area (Å²) in [5, 5.41) is 9.02. The van der Waals surface area contributed by atoms with Gasteiger partial charge in [0.05, 0.1) is 18.8 Å². The number of aliphatic hydroxyl groups excluding tert-OH is 1. The van der Waals surface area contributed by atoms with Crippen LogP contribution in [-0.4, -0.2) is 29.8 Å². The molecule has 0 bridgehead atoms. The van der Waals surface area contributed by atoms with E-state index in [1.807, 2.05) is 27.7 Å². The largest absolute Gasteiger partial charge is 0.396 e. The third-order valence-corrected chi connectivity index (χ3v) is 2.20. The van der Waals surface area contributed by atoms with Gasteiger partial charge in [0.25, 0.3) is 0 Å². The van der Waals surface area contributed by atoms with Gasteiger partial charge in [0.1, 0.15) is 0 Å². The summed E-state index contributed by atoms with van der Waals surface area (Å²) in [4.78, 5) is 0. The third kappa shape index (κ3) is 4.96. The second-order valence-corrected chi connectivity index (χ2v) is 4.77. The highest BCUT2D eigenvalue weighted by Crippen LogP contribution is 2.20. The maximum absolute atomic E-state index is 9.02. The van der Waals surface area contributed by atoms with Crippen LogP contribution >= 0.6 is 11.6 Å². The van der Waals surface area contributed by atoms with Crippen LogP contribution in [0.1, 0.15) is 27.7 Å². The molecule has 0 rings (SSSR count). The zero-order valence-electron chi connectivity index (χ0n) is 8.35. The van der Waals surface area contributed by atoms with Gasteiger partial charge in [-0.1, -0.05) is 6.92 Å². The molecule has 0 saturated carbocycles. The van der Waals surface area contributed by atoms with Gasteiger partial charge in [-0.2, -0.15) is 0 Å². The number of aliphatic hydroxyl groups is 1. The highest BCUT2D eigenvalue weighted by Gasteiger charge is 2.25. The summed E-state index contributed by atoms with van der Waals surface area (Å²) in [6, 6.07) is 0. The smallest absolute Gasteiger partial charge is 0.0598 e. The molecule has 12 heavy (non-hydrogen) atoms. The van der Waals surface area contributed by atoms with Crippen molar-refractivity contribution >= 4 is 11.6 Å². The third-order valence-electron chi connectivity index (χ3n) is 1.56. The van der Waals surface area contributed by atoms with Crippen molar-refractivity contribution in [1.82, 2.24) is 0 Å². The van der Waals surface area contributed by atoms with Gasteiger partial charge in [0, 0.05) is 11.3 Å². The van der Waals surface area contributed by atoms with E-state index in [1.165, 1.54) is 0 Å². The molecule has 1 unspecified atom stereocenters. The molecule has 0 aliphatic heterocycles. The van der Waals surface area contributed by atoms with Gasteiger partial charge in [-0.25, -0.2) is 0 Å². The van der Waals surface area contributed by atoms with Crippen LogP contribution in [0.4, 0.5) is 0 Å². The maximum atomic E-state index is 9.02. The van der Waals surface area contributed by atoms with Crippen molar-refractivity contribution in [2.24, 2.45) is 5.41 Å². The first-order chi connectivity index (χ1) is 5.33. The molecule has 0 heterocycles. The number of hydrogen-bond acceptors (Lipinski definition) is 2. The number of halogens is 1. The molecule has 0 radical (unpaired) electrons. The Morgan fingerprint density at radius 3 is 2.00 bits per heavy atom. The fourth-order valence-electron chi connectivity index (χ4n) is 0.517. The lowest BCUT2D eigenvalue weighted by Gasteiger charge is -2.29. The Kier molecular flexibility index (Phi) is 4.53. The Labute approximate surface area is 79.9 Å². The molecule has 74 valence electrons. The van der Waals surface area contributed by atoms with Crippen LogP contribution in [-0.2, 0) is 4.74 Å². The van der Waals surface area contributed by atoms with Crippen LogP contribution in [0.25, 0.3) is 0 Å². The average molecular weight is 195 g/mol. The van der Waals surface area contributed by atoms with E-state index in [2.05, 4.69) is 0 Å². The first kappa shape index (κ1) is 12.2. The molecule has 0 saturated heterocycles. The van der Waals surface area contributed by atoms with Gasteiger partial charge >= 0.3 is 0 Å². The fourth-order valence-corrected chi connectivity index (χ4v) is 0.679. The van der Waals surface area contributed by atoms with E-state index >= 15 is 0 Å². The van der Waals surface area contributed by atoms with Gasteiger partial charge < -0.3 is 9.84 Å². The van der Waals surface area contributed by atoms with Crippen LogP contribution in [0.3, 0.4) is 0 Å². The summed E-state index contributed by atoms with van der Waals surface area (Å²) in [6.45, 7) is 8.42. The van der Waals surface area contributed by atoms with Crippen molar-refractivity contribution in [3.8, 4) is 0 Å². The Hall–Kier alpha value is 0.210. The van der Waals surface area contributed by atoms with Crippen LogP contribution in [0, 0.1) is 5.41 Å². The van der Waals surface area contributed by atoms with Crippen molar-refractivity contribution in [1.29, 1.82) is 0 Å². The van der Waals surface area contributed by atoms with Crippen LogP contribution in [0.2, 0.25) is 0 Å². The molecular formula is C9H19ClO2. The highest BCUT2D eigenvalue weighted by atomic mass is 35.5. The molecule has 0 amide bonds. The van der Waals surface area contributed by atoms with Crippen molar-refractivity contribution in [2.75, 3.05) is 19.1 Å². The van der Waals surface area contributed by atoms with Crippen molar-refractivity contribution < 1.29 is 9.84 Å². The van der Waals surface area contributed by atoms with Gasteiger partial charge in [-0.05, 0) is 20.8 Å². The number of alkyl halides is 1. The SMILES string of the molecule is CC(CO)(CCl)COC(C)(C)C. The van der Waals surface area contributed by atoms with Crippen molar-refractivity contribution in [3.05, 3.63) is 0 Å². The number of hydrogen-bond donors (Lipinski definition) is 1. The maximum Gasteiger partial charge on any atom is 0.0598 e. The molecule has 0 fully saturated rings. The Bertz CT molecular complexity index is 125. The number of rotatable bonds is 4. The lowest BCUT2D eigenvalue weighted by atomic mass is 9.96. The zero-order chi connectivity index (χ0) is 9.83. The van der Waals surface area contributed by atoms with Crippen molar-refractivity contribution in [2.45, 2.75) is 33.3 Å². The number of ether oxygens (including phenoxy) is 1. The van der Waals surface area contributed by atoms with E-state index in [-0.39, 0.29) is 17.6 Å². The Morgan fingerprint density at radius 2 is 1.75 bits per heavy atom. The molecule has 0 spiro atoms. The summed E-state index contributed by atoms with van der Waals surface area (Å²) in [6.07, 6.45) is 0. The zero-order valence-corrected chi connectivity index (χ0v) is 9.11. The van der Waals surface area contributed by atoms with E-state index in [9.17, 15) is 0 Å². The van der Waals surface area contributed by atoms with E-state index in [0.717, 1.165) is 0 Å². The molecular weight excluding hydrogens is 176 g/mol. The molecule has 0 aromatic carbocycles. The molecule has 3 heteroatoms. The first-order valence-electron chi connectivity index (χ1n) is 4.14. The van der Waals surface area contributed by atoms with Crippen LogP contribution in [0.15, 0.2) is 0 Å². The molecule has 0 aliphatic rings. The minimum absolute atomic E-state index is 0.0621. The Morgan fingerprint density at radius 1 is 1.25 bits per heavy atom. The predicted molar refractivity (Wildman–Crippen MR) is 51.6 cm³/mol. The quantitative estimate of drug-likeness (QED) is 0.695. The van der Waals surface area contributed by atoms with Crippen molar-refractivity contribution in [3.63, 3.8) is 0 Å². The van der Waals surface area contributed by atoms with Gasteiger partial charge in [-0.3, -0.25) is 0 Å². The van der Waals surface area contributed by atoms with Crippen LogP contribution in [0.5, 0.6) is 0 Å². The summed E-state index contributed by atoms with van der Waals surface area (Å²) in [5.41, 5.74) is -0.475. The first-order valence-corrected chi connectivity index (χ1v) is 4.67. The summed E-state index contributed by atoms with van der Waals surface area (Å²) in [5.74, 6) is 0.416. The standard InChI is InChI=1S/C9H19ClO2/c1-8(2,3)12-7-9(4,5-10)6-11/h11H,5-7H2,1-4H3. The van der Waals surface area contributed by atoms with Gasteiger partial charge in [0.15, 0.2) is 0 Å². The minimum atomic E-state index is -0.311.